The summed E-state index contributed by atoms with van der Waals surface area (Å²) in [6.07, 6.45) is 3.00. The quantitative estimate of drug-likeness (QED) is 0.813. The topological polar surface area (TPSA) is 43.3 Å². The maximum atomic E-state index is 5.96. The van der Waals surface area contributed by atoms with Crippen LogP contribution in [0.15, 0.2) is 18.3 Å². The van der Waals surface area contributed by atoms with Crippen molar-refractivity contribution in [1.29, 1.82) is 0 Å². The van der Waals surface area contributed by atoms with E-state index in [1.165, 1.54) is 11.1 Å². The monoisotopic (exact) mass is 203 g/mol. The Kier molecular flexibility index (Phi) is 2.49. The van der Waals surface area contributed by atoms with Crippen molar-refractivity contribution in [1.82, 2.24) is 9.38 Å². The summed E-state index contributed by atoms with van der Waals surface area (Å²) in [4.78, 5) is 4.56. The maximum Gasteiger partial charge on any atom is 0.113 e. The molecule has 2 aromatic rings. The number of fused-ring (bicyclic) bond motifs is 1. The number of hydrogen-bond acceptors (Lipinski definition) is 2. The highest BCUT2D eigenvalue weighted by molar-refractivity contribution is 5.60. The molecule has 2 N–H and O–H groups in total. The van der Waals surface area contributed by atoms with Gasteiger partial charge in [0, 0.05) is 18.7 Å². The molecule has 3 heteroatoms. The molecule has 0 aliphatic rings. The van der Waals surface area contributed by atoms with Gasteiger partial charge in [-0.15, -0.1) is 0 Å². The minimum atomic E-state index is 0.0498. The lowest BCUT2D eigenvalue weighted by Crippen LogP contribution is -2.07. The fourth-order valence-corrected chi connectivity index (χ4v) is 2.04. The van der Waals surface area contributed by atoms with E-state index < -0.39 is 0 Å². The highest BCUT2D eigenvalue weighted by Crippen LogP contribution is 2.21. The fraction of sp³-hybridized carbons (Fsp3) is 0.417. The van der Waals surface area contributed by atoms with Crippen LogP contribution in [0.4, 0.5) is 0 Å². The molecule has 1 unspecified atom stereocenters. The lowest BCUT2D eigenvalue weighted by atomic mass is 10.1. The molecule has 0 aliphatic heterocycles. The van der Waals surface area contributed by atoms with E-state index in [0.29, 0.717) is 0 Å². The molecule has 0 fully saturated rings. The number of aromatic nitrogens is 2. The van der Waals surface area contributed by atoms with E-state index in [4.69, 9.17) is 5.73 Å². The van der Waals surface area contributed by atoms with E-state index in [1.807, 2.05) is 19.9 Å². The number of nitrogens with zero attached hydrogens (tertiary/aromatic N) is 2. The molecular formula is C12H17N3. The van der Waals surface area contributed by atoms with Gasteiger partial charge in [0.05, 0.1) is 11.2 Å². The number of imidazole rings is 1. The van der Waals surface area contributed by atoms with Crippen LogP contribution in [-0.2, 0) is 6.42 Å². The Bertz CT molecular complexity index is 483. The number of aryl methyl sites for hydroxylation is 2. The Hall–Kier alpha value is -1.35. The summed E-state index contributed by atoms with van der Waals surface area (Å²) in [6, 6.07) is 4.16. The van der Waals surface area contributed by atoms with E-state index in [1.54, 1.807) is 0 Å². The molecule has 0 amide bonds. The molecule has 0 saturated carbocycles. The molecule has 80 valence electrons. The van der Waals surface area contributed by atoms with Gasteiger partial charge in [-0.1, -0.05) is 13.0 Å². The molecule has 2 heterocycles. The minimum Gasteiger partial charge on any atom is -0.324 e. The van der Waals surface area contributed by atoms with Crippen LogP contribution in [0.1, 0.15) is 37.0 Å². The summed E-state index contributed by atoms with van der Waals surface area (Å²) < 4.78 is 2.15. The van der Waals surface area contributed by atoms with Crippen LogP contribution in [0.3, 0.4) is 0 Å². The van der Waals surface area contributed by atoms with E-state index >= 15 is 0 Å². The Labute approximate surface area is 89.9 Å². The minimum absolute atomic E-state index is 0.0498. The maximum absolute atomic E-state index is 5.96. The van der Waals surface area contributed by atoms with Crippen LogP contribution in [-0.4, -0.2) is 9.38 Å². The second-order valence-electron chi connectivity index (χ2n) is 3.94. The van der Waals surface area contributed by atoms with Crippen molar-refractivity contribution in [3.05, 3.63) is 35.4 Å². The van der Waals surface area contributed by atoms with Gasteiger partial charge in [-0.25, -0.2) is 4.98 Å². The number of pyridine rings is 1. The molecule has 1 atom stereocenters. The smallest absolute Gasteiger partial charge is 0.113 e. The summed E-state index contributed by atoms with van der Waals surface area (Å²) in [6.45, 7) is 6.17. The van der Waals surface area contributed by atoms with Crippen molar-refractivity contribution in [3.63, 3.8) is 0 Å². The average Bonchev–Trinajstić information content (AvgIpc) is 2.55. The second kappa shape index (κ2) is 3.66. The van der Waals surface area contributed by atoms with Crippen molar-refractivity contribution in [3.8, 4) is 0 Å². The van der Waals surface area contributed by atoms with Crippen molar-refractivity contribution in [2.24, 2.45) is 5.73 Å². The van der Waals surface area contributed by atoms with Crippen LogP contribution in [0, 0.1) is 6.92 Å². The zero-order valence-electron chi connectivity index (χ0n) is 9.49. The summed E-state index contributed by atoms with van der Waals surface area (Å²) in [5.41, 5.74) is 9.37. The number of hydrogen-bond donors (Lipinski definition) is 1. The van der Waals surface area contributed by atoms with Crippen LogP contribution >= 0.6 is 0 Å². The van der Waals surface area contributed by atoms with Gasteiger partial charge in [0.2, 0.25) is 0 Å². The predicted octanol–water partition coefficient (Wildman–Crippen LogP) is 2.22. The van der Waals surface area contributed by atoms with Gasteiger partial charge in [0.1, 0.15) is 5.82 Å². The summed E-state index contributed by atoms with van der Waals surface area (Å²) in [5, 5.41) is 0. The first-order valence-corrected chi connectivity index (χ1v) is 5.37. The Morgan fingerprint density at radius 2 is 2.27 bits per heavy atom. The van der Waals surface area contributed by atoms with Gasteiger partial charge in [-0.2, -0.15) is 0 Å². The Morgan fingerprint density at radius 1 is 1.53 bits per heavy atom. The van der Waals surface area contributed by atoms with Gasteiger partial charge >= 0.3 is 0 Å². The van der Waals surface area contributed by atoms with Crippen LogP contribution < -0.4 is 5.73 Å². The lowest BCUT2D eigenvalue weighted by molar-refractivity contribution is 0.816. The highest BCUT2D eigenvalue weighted by Gasteiger charge is 2.12. The molecular weight excluding hydrogens is 186 g/mol. The third-order valence-electron chi connectivity index (χ3n) is 2.75. The first-order valence-electron chi connectivity index (χ1n) is 5.37. The third kappa shape index (κ3) is 1.53. The molecule has 2 rings (SSSR count). The van der Waals surface area contributed by atoms with Crippen LogP contribution in [0.5, 0.6) is 0 Å². The fourth-order valence-electron chi connectivity index (χ4n) is 2.04. The zero-order valence-corrected chi connectivity index (χ0v) is 9.49. The van der Waals surface area contributed by atoms with Crippen molar-refractivity contribution in [2.75, 3.05) is 0 Å². The largest absolute Gasteiger partial charge is 0.324 e. The van der Waals surface area contributed by atoms with E-state index in [2.05, 4.69) is 28.6 Å². The number of nitrogens with two attached hydrogens (primary N) is 1. The predicted molar refractivity (Wildman–Crippen MR) is 61.9 cm³/mol. The molecule has 0 radical (unpaired) electrons. The van der Waals surface area contributed by atoms with Crippen molar-refractivity contribution in [2.45, 2.75) is 33.2 Å². The average molecular weight is 203 g/mol. The summed E-state index contributed by atoms with van der Waals surface area (Å²) >= 11 is 0. The van der Waals surface area contributed by atoms with Crippen molar-refractivity contribution >= 4 is 5.52 Å². The third-order valence-corrected chi connectivity index (χ3v) is 2.75. The standard InChI is InChI=1S/C12H17N3/c1-4-11-14-9(3)12-10(8(2)13)6-5-7-15(11)12/h5-8H,4,13H2,1-3H3. The SMILES string of the molecule is CCc1nc(C)c2c(C(C)N)cccn12. The van der Waals surface area contributed by atoms with Crippen LogP contribution in [0.2, 0.25) is 0 Å². The highest BCUT2D eigenvalue weighted by atomic mass is 15.0. The van der Waals surface area contributed by atoms with Gasteiger partial charge < -0.3 is 10.1 Å². The van der Waals surface area contributed by atoms with Gasteiger partial charge in [0.25, 0.3) is 0 Å². The van der Waals surface area contributed by atoms with E-state index in [9.17, 15) is 0 Å². The van der Waals surface area contributed by atoms with Crippen molar-refractivity contribution < 1.29 is 0 Å². The molecule has 3 nitrogen and oxygen atoms in total. The zero-order chi connectivity index (χ0) is 11.0. The van der Waals surface area contributed by atoms with E-state index in [-0.39, 0.29) is 6.04 Å². The lowest BCUT2D eigenvalue weighted by Gasteiger charge is -2.08. The summed E-state index contributed by atoms with van der Waals surface area (Å²) in [7, 11) is 0. The first-order chi connectivity index (χ1) is 7.15. The summed E-state index contributed by atoms with van der Waals surface area (Å²) in [5.74, 6) is 1.10. The van der Waals surface area contributed by atoms with Gasteiger partial charge in [0.15, 0.2) is 0 Å². The molecule has 0 saturated heterocycles. The second-order valence-corrected chi connectivity index (χ2v) is 3.94. The Balaban J connectivity index is 2.80. The molecule has 0 aliphatic carbocycles. The van der Waals surface area contributed by atoms with Gasteiger partial charge in [-0.05, 0) is 25.5 Å². The molecule has 0 aromatic carbocycles. The molecule has 15 heavy (non-hydrogen) atoms. The molecule has 0 bridgehead atoms. The first kappa shape index (κ1) is 10.2. The molecule has 2 aromatic heterocycles. The van der Waals surface area contributed by atoms with Crippen LogP contribution in [0.25, 0.3) is 5.52 Å². The van der Waals surface area contributed by atoms with E-state index in [0.717, 1.165) is 17.9 Å². The number of rotatable bonds is 2. The molecule has 0 spiro atoms. The normalized spacial score (nSPS) is 13.3. The Morgan fingerprint density at radius 3 is 2.87 bits per heavy atom. The van der Waals surface area contributed by atoms with Gasteiger partial charge in [-0.3, -0.25) is 0 Å².